The summed E-state index contributed by atoms with van der Waals surface area (Å²) in [6.45, 7) is 1.94. The Bertz CT molecular complexity index is 486. The van der Waals surface area contributed by atoms with E-state index in [0.717, 1.165) is 15.3 Å². The number of pyridine rings is 1. The summed E-state index contributed by atoms with van der Waals surface area (Å²) in [5.74, 6) is 0.620. The summed E-state index contributed by atoms with van der Waals surface area (Å²) in [6, 6.07) is 1.79. The zero-order valence-electron chi connectivity index (χ0n) is 7.79. The fraction of sp³-hybridized carbons (Fsp3) is 0.111. The third-order valence-corrected chi connectivity index (χ3v) is 3.25. The molecule has 0 aliphatic carbocycles. The van der Waals surface area contributed by atoms with E-state index < -0.39 is 0 Å². The van der Waals surface area contributed by atoms with Crippen LogP contribution in [-0.4, -0.2) is 9.97 Å². The van der Waals surface area contributed by atoms with E-state index in [1.165, 1.54) is 11.3 Å². The van der Waals surface area contributed by atoms with Gasteiger partial charge in [-0.25, -0.2) is 9.97 Å². The van der Waals surface area contributed by atoms with Gasteiger partial charge in [0.15, 0.2) is 10.9 Å². The van der Waals surface area contributed by atoms with E-state index in [1.54, 1.807) is 12.3 Å². The van der Waals surface area contributed by atoms with Gasteiger partial charge in [0.25, 0.3) is 0 Å². The number of anilines is 2. The lowest BCUT2D eigenvalue weighted by molar-refractivity contribution is 1.23. The second-order valence-corrected chi connectivity index (χ2v) is 5.08. The SMILES string of the molecule is Cc1csc(Nc2ncc(Br)cc2Cl)n1. The average Bonchev–Trinajstić information content (AvgIpc) is 2.56. The van der Waals surface area contributed by atoms with Crippen molar-refractivity contribution in [1.82, 2.24) is 9.97 Å². The summed E-state index contributed by atoms with van der Waals surface area (Å²) in [6.07, 6.45) is 1.69. The highest BCUT2D eigenvalue weighted by Gasteiger charge is 2.05. The zero-order valence-corrected chi connectivity index (χ0v) is 10.9. The van der Waals surface area contributed by atoms with Gasteiger partial charge in [-0.1, -0.05) is 11.6 Å². The summed E-state index contributed by atoms with van der Waals surface area (Å²) in [4.78, 5) is 8.43. The molecule has 2 rings (SSSR count). The number of aryl methyl sites for hydroxylation is 1. The predicted octanol–water partition coefficient (Wildman–Crippen LogP) is 4.01. The quantitative estimate of drug-likeness (QED) is 0.911. The molecule has 0 atom stereocenters. The Hall–Kier alpha value is -0.650. The molecule has 0 aliphatic rings. The van der Waals surface area contributed by atoms with Crippen LogP contribution in [0.2, 0.25) is 5.02 Å². The molecule has 78 valence electrons. The van der Waals surface area contributed by atoms with E-state index in [1.807, 2.05) is 12.3 Å². The van der Waals surface area contributed by atoms with Gasteiger partial charge < -0.3 is 5.32 Å². The van der Waals surface area contributed by atoms with Crippen LogP contribution < -0.4 is 5.32 Å². The van der Waals surface area contributed by atoms with Crippen molar-refractivity contribution in [2.75, 3.05) is 5.32 Å². The molecule has 15 heavy (non-hydrogen) atoms. The number of thiazole rings is 1. The minimum absolute atomic E-state index is 0.567. The molecule has 0 amide bonds. The Labute approximate surface area is 105 Å². The van der Waals surface area contributed by atoms with Crippen molar-refractivity contribution in [2.24, 2.45) is 0 Å². The topological polar surface area (TPSA) is 37.8 Å². The molecule has 6 heteroatoms. The van der Waals surface area contributed by atoms with Crippen LogP contribution in [0.4, 0.5) is 10.9 Å². The van der Waals surface area contributed by atoms with Crippen molar-refractivity contribution in [1.29, 1.82) is 0 Å². The van der Waals surface area contributed by atoms with Crippen molar-refractivity contribution >= 4 is 49.8 Å². The molecule has 3 nitrogen and oxygen atoms in total. The molecule has 1 N–H and O–H groups in total. The molecular formula is C9H7BrClN3S. The third kappa shape index (κ3) is 2.68. The number of halogens is 2. The van der Waals surface area contributed by atoms with Gasteiger partial charge in [-0.2, -0.15) is 0 Å². The van der Waals surface area contributed by atoms with Crippen molar-refractivity contribution in [2.45, 2.75) is 6.92 Å². The van der Waals surface area contributed by atoms with Crippen molar-refractivity contribution in [3.05, 3.63) is 32.8 Å². The molecule has 0 radical (unpaired) electrons. The molecule has 2 aromatic heterocycles. The maximum absolute atomic E-state index is 6.01. The minimum atomic E-state index is 0.567. The number of hydrogen-bond donors (Lipinski definition) is 1. The maximum atomic E-state index is 6.01. The van der Waals surface area contributed by atoms with Gasteiger partial charge in [-0.05, 0) is 28.9 Å². The lowest BCUT2D eigenvalue weighted by Gasteiger charge is -2.03. The van der Waals surface area contributed by atoms with E-state index in [9.17, 15) is 0 Å². The first kappa shape index (κ1) is 10.9. The lowest BCUT2D eigenvalue weighted by atomic mass is 10.4. The fourth-order valence-electron chi connectivity index (χ4n) is 1.02. The molecule has 0 saturated heterocycles. The van der Waals surface area contributed by atoms with Crippen molar-refractivity contribution < 1.29 is 0 Å². The zero-order chi connectivity index (χ0) is 10.8. The van der Waals surface area contributed by atoms with Crippen molar-refractivity contribution in [3.8, 4) is 0 Å². The first-order valence-electron chi connectivity index (χ1n) is 4.15. The Morgan fingerprint density at radius 3 is 2.93 bits per heavy atom. The molecule has 0 aliphatic heterocycles. The van der Waals surface area contributed by atoms with Gasteiger partial charge >= 0.3 is 0 Å². The molecule has 0 saturated carbocycles. The molecule has 0 bridgehead atoms. The Morgan fingerprint density at radius 1 is 1.53 bits per heavy atom. The van der Waals surface area contributed by atoms with Gasteiger partial charge in [-0.3, -0.25) is 0 Å². The molecular weight excluding hydrogens is 298 g/mol. The first-order valence-corrected chi connectivity index (χ1v) is 6.20. The normalized spacial score (nSPS) is 10.3. The van der Waals surface area contributed by atoms with E-state index >= 15 is 0 Å². The summed E-state index contributed by atoms with van der Waals surface area (Å²) in [5, 5.41) is 6.39. The highest BCUT2D eigenvalue weighted by Crippen LogP contribution is 2.27. The van der Waals surface area contributed by atoms with E-state index in [4.69, 9.17) is 11.6 Å². The summed E-state index contributed by atoms with van der Waals surface area (Å²) in [5.41, 5.74) is 0.982. The van der Waals surface area contributed by atoms with Crippen LogP contribution in [-0.2, 0) is 0 Å². The fourth-order valence-corrected chi connectivity index (χ4v) is 2.38. The molecule has 0 spiro atoms. The van der Waals surface area contributed by atoms with Gasteiger partial charge in [0, 0.05) is 16.0 Å². The number of hydrogen-bond acceptors (Lipinski definition) is 4. The molecule has 2 heterocycles. The monoisotopic (exact) mass is 303 g/mol. The number of nitrogens with zero attached hydrogens (tertiary/aromatic N) is 2. The number of nitrogens with one attached hydrogen (secondary N) is 1. The molecule has 2 aromatic rings. The van der Waals surface area contributed by atoms with E-state index in [-0.39, 0.29) is 0 Å². The smallest absolute Gasteiger partial charge is 0.188 e. The Morgan fingerprint density at radius 2 is 2.33 bits per heavy atom. The van der Waals surface area contributed by atoms with Gasteiger partial charge in [-0.15, -0.1) is 11.3 Å². The van der Waals surface area contributed by atoms with Crippen LogP contribution in [0.15, 0.2) is 22.1 Å². The van der Waals surface area contributed by atoms with Gasteiger partial charge in [0.2, 0.25) is 0 Å². The van der Waals surface area contributed by atoms with Crippen LogP contribution in [0.25, 0.3) is 0 Å². The van der Waals surface area contributed by atoms with E-state index in [0.29, 0.717) is 10.8 Å². The Balaban J connectivity index is 2.24. The molecule has 0 fully saturated rings. The first-order chi connectivity index (χ1) is 7.15. The van der Waals surface area contributed by atoms with Crippen LogP contribution in [0, 0.1) is 6.92 Å². The second kappa shape index (κ2) is 4.47. The Kier molecular flexibility index (Phi) is 3.23. The van der Waals surface area contributed by atoms with Gasteiger partial charge in [0.05, 0.1) is 10.7 Å². The molecule has 0 unspecified atom stereocenters. The number of rotatable bonds is 2. The number of aromatic nitrogens is 2. The highest BCUT2D eigenvalue weighted by molar-refractivity contribution is 9.10. The van der Waals surface area contributed by atoms with Crippen LogP contribution >= 0.6 is 38.9 Å². The van der Waals surface area contributed by atoms with Crippen LogP contribution in [0.1, 0.15) is 5.69 Å². The summed E-state index contributed by atoms with van der Waals surface area (Å²) < 4.78 is 0.855. The largest absolute Gasteiger partial charge is 0.315 e. The third-order valence-electron chi connectivity index (χ3n) is 1.65. The highest BCUT2D eigenvalue weighted by atomic mass is 79.9. The second-order valence-electron chi connectivity index (χ2n) is 2.90. The summed E-state index contributed by atoms with van der Waals surface area (Å²) >= 11 is 10.8. The van der Waals surface area contributed by atoms with Crippen LogP contribution in [0.5, 0.6) is 0 Å². The standard InChI is InChI=1S/C9H7BrClN3S/c1-5-4-15-9(13-5)14-8-7(11)2-6(10)3-12-8/h2-4H,1H3,(H,12,13,14). The van der Waals surface area contributed by atoms with Gasteiger partial charge in [0.1, 0.15) is 0 Å². The average molecular weight is 305 g/mol. The van der Waals surface area contributed by atoms with E-state index in [2.05, 4.69) is 31.2 Å². The van der Waals surface area contributed by atoms with Crippen LogP contribution in [0.3, 0.4) is 0 Å². The predicted molar refractivity (Wildman–Crippen MR) is 67.1 cm³/mol. The van der Waals surface area contributed by atoms with Crippen molar-refractivity contribution in [3.63, 3.8) is 0 Å². The summed E-state index contributed by atoms with van der Waals surface area (Å²) in [7, 11) is 0. The minimum Gasteiger partial charge on any atom is -0.315 e. The molecule has 0 aromatic carbocycles. The maximum Gasteiger partial charge on any atom is 0.188 e. The lowest BCUT2D eigenvalue weighted by Crippen LogP contribution is -1.93.